The van der Waals surface area contributed by atoms with Crippen molar-refractivity contribution in [2.75, 3.05) is 13.0 Å². The Labute approximate surface area is 92.8 Å². The summed E-state index contributed by atoms with van der Waals surface area (Å²) in [7, 11) is 1.63. The molecule has 1 aromatic rings. The zero-order chi connectivity index (χ0) is 10.7. The number of benzene rings is 1. The number of hydrazone groups is 1. The summed E-state index contributed by atoms with van der Waals surface area (Å²) in [6, 6.07) is 7.59. The van der Waals surface area contributed by atoms with E-state index in [1.807, 2.05) is 24.3 Å². The highest BCUT2D eigenvalue weighted by atomic mass is 35.5. The van der Waals surface area contributed by atoms with E-state index in [0.29, 0.717) is 5.90 Å². The number of hydrogen-bond acceptors (Lipinski definition) is 4. The fourth-order valence-corrected chi connectivity index (χ4v) is 1.42. The topological polar surface area (TPSA) is 42.8 Å². The van der Waals surface area contributed by atoms with Crippen LogP contribution < -0.4 is 10.2 Å². The molecule has 1 aliphatic heterocycles. The van der Waals surface area contributed by atoms with E-state index in [-0.39, 0.29) is 12.1 Å². The maximum Gasteiger partial charge on any atom is 0.223 e. The first-order valence-electron chi connectivity index (χ1n) is 4.52. The molecular weight excluding hydrogens is 216 g/mol. The second-order valence-electron chi connectivity index (χ2n) is 3.04. The molecule has 0 saturated carbocycles. The van der Waals surface area contributed by atoms with Gasteiger partial charge in [-0.15, -0.1) is 16.7 Å². The summed E-state index contributed by atoms with van der Waals surface area (Å²) in [5.41, 5.74) is 3.84. The van der Waals surface area contributed by atoms with Crippen LogP contribution in [0.4, 0.5) is 0 Å². The van der Waals surface area contributed by atoms with Crippen LogP contribution in [0.15, 0.2) is 29.4 Å². The molecule has 2 rings (SSSR count). The van der Waals surface area contributed by atoms with Crippen molar-refractivity contribution in [2.24, 2.45) is 5.10 Å². The van der Waals surface area contributed by atoms with Gasteiger partial charge in [-0.2, -0.15) is 0 Å². The maximum atomic E-state index is 5.59. The third-order valence-electron chi connectivity index (χ3n) is 2.09. The Balaban J connectivity index is 2.05. The molecule has 0 bridgehead atoms. The van der Waals surface area contributed by atoms with E-state index in [9.17, 15) is 0 Å². The Kier molecular flexibility index (Phi) is 2.97. The Hall–Kier alpha value is -1.42. The van der Waals surface area contributed by atoms with Gasteiger partial charge < -0.3 is 9.47 Å². The molecule has 0 fully saturated rings. The van der Waals surface area contributed by atoms with Crippen molar-refractivity contribution in [3.8, 4) is 5.75 Å². The molecule has 0 amide bonds. The first-order chi connectivity index (χ1) is 7.33. The number of nitrogens with one attached hydrogen (secondary N) is 1. The number of rotatable bonds is 3. The molecule has 80 valence electrons. The number of nitrogens with zero attached hydrogens (tertiary/aromatic N) is 1. The molecule has 0 spiro atoms. The fraction of sp³-hybridized carbons (Fsp3) is 0.300. The van der Waals surface area contributed by atoms with Crippen LogP contribution in [0.1, 0.15) is 11.8 Å². The minimum absolute atomic E-state index is 0.246. The van der Waals surface area contributed by atoms with Crippen LogP contribution in [0.2, 0.25) is 0 Å². The summed E-state index contributed by atoms with van der Waals surface area (Å²) >= 11 is 5.59. The molecule has 1 N–H and O–H groups in total. The highest BCUT2D eigenvalue weighted by Crippen LogP contribution is 2.21. The average Bonchev–Trinajstić information content (AvgIpc) is 2.78. The molecule has 4 nitrogen and oxygen atoms in total. The lowest BCUT2D eigenvalue weighted by atomic mass is 10.2. The molecule has 5 heteroatoms. The smallest absolute Gasteiger partial charge is 0.223 e. The van der Waals surface area contributed by atoms with Crippen molar-refractivity contribution >= 4 is 17.5 Å². The molecular formula is C10H11ClN2O2. The normalized spacial score (nSPS) is 19.1. The van der Waals surface area contributed by atoms with E-state index >= 15 is 0 Å². The van der Waals surface area contributed by atoms with E-state index in [4.69, 9.17) is 21.1 Å². The fourth-order valence-electron chi connectivity index (χ4n) is 1.30. The van der Waals surface area contributed by atoms with Crippen molar-refractivity contribution in [1.82, 2.24) is 5.43 Å². The van der Waals surface area contributed by atoms with Crippen LogP contribution in [0.25, 0.3) is 0 Å². The van der Waals surface area contributed by atoms with Gasteiger partial charge >= 0.3 is 0 Å². The number of hydrogen-bond donors (Lipinski definition) is 1. The predicted molar refractivity (Wildman–Crippen MR) is 58.1 cm³/mol. The largest absolute Gasteiger partial charge is 0.497 e. The summed E-state index contributed by atoms with van der Waals surface area (Å²) in [4.78, 5) is 0. The van der Waals surface area contributed by atoms with Gasteiger partial charge in [0.2, 0.25) is 12.1 Å². The molecule has 0 aromatic heterocycles. The molecule has 1 atom stereocenters. The number of halogens is 1. The number of methoxy groups -OCH3 is 1. The van der Waals surface area contributed by atoms with Gasteiger partial charge in [0.05, 0.1) is 7.11 Å². The SMILES string of the molecule is COc1ccc(C2NN=C(CCl)O2)cc1. The van der Waals surface area contributed by atoms with Gasteiger partial charge in [0.1, 0.15) is 11.6 Å². The first kappa shape index (κ1) is 10.1. The monoisotopic (exact) mass is 226 g/mol. The highest BCUT2D eigenvalue weighted by molar-refractivity contribution is 6.27. The summed E-state index contributed by atoms with van der Waals surface area (Å²) in [6.07, 6.45) is -0.246. The maximum absolute atomic E-state index is 5.59. The van der Waals surface area contributed by atoms with E-state index in [1.54, 1.807) is 7.11 Å². The second kappa shape index (κ2) is 4.40. The lowest BCUT2D eigenvalue weighted by molar-refractivity contribution is 0.190. The van der Waals surface area contributed by atoms with E-state index < -0.39 is 0 Å². The molecule has 0 radical (unpaired) electrons. The van der Waals surface area contributed by atoms with Gasteiger partial charge in [0.15, 0.2) is 0 Å². The summed E-state index contributed by atoms with van der Waals surface area (Å²) in [5, 5.41) is 3.94. The van der Waals surface area contributed by atoms with Crippen LogP contribution >= 0.6 is 11.6 Å². The van der Waals surface area contributed by atoms with E-state index in [2.05, 4.69) is 10.5 Å². The first-order valence-corrected chi connectivity index (χ1v) is 5.05. The Morgan fingerprint density at radius 1 is 1.47 bits per heavy atom. The number of ether oxygens (including phenoxy) is 2. The van der Waals surface area contributed by atoms with Crippen molar-refractivity contribution in [2.45, 2.75) is 6.23 Å². The molecule has 15 heavy (non-hydrogen) atoms. The molecule has 1 heterocycles. The minimum atomic E-state index is -0.246. The van der Waals surface area contributed by atoms with E-state index in [1.165, 1.54) is 0 Å². The van der Waals surface area contributed by atoms with Gasteiger partial charge in [-0.05, 0) is 24.3 Å². The minimum Gasteiger partial charge on any atom is -0.497 e. The second-order valence-corrected chi connectivity index (χ2v) is 3.31. The molecule has 0 saturated heterocycles. The van der Waals surface area contributed by atoms with Crippen LogP contribution in [0.3, 0.4) is 0 Å². The third kappa shape index (κ3) is 2.15. The van der Waals surface area contributed by atoms with Crippen molar-refractivity contribution in [3.63, 3.8) is 0 Å². The summed E-state index contributed by atoms with van der Waals surface area (Å²) in [5.74, 6) is 1.60. The zero-order valence-corrected chi connectivity index (χ0v) is 8.99. The van der Waals surface area contributed by atoms with Gasteiger partial charge in [-0.3, -0.25) is 5.43 Å². The Morgan fingerprint density at radius 3 is 2.73 bits per heavy atom. The molecule has 1 unspecified atom stereocenters. The summed E-state index contributed by atoms with van der Waals surface area (Å²) in [6.45, 7) is 0. The number of alkyl halides is 1. The van der Waals surface area contributed by atoms with Crippen LogP contribution in [-0.2, 0) is 4.74 Å². The van der Waals surface area contributed by atoms with Crippen LogP contribution in [-0.4, -0.2) is 18.9 Å². The van der Waals surface area contributed by atoms with Crippen LogP contribution in [0, 0.1) is 0 Å². The third-order valence-corrected chi connectivity index (χ3v) is 2.32. The molecule has 1 aliphatic rings. The Bertz CT molecular complexity index is 364. The van der Waals surface area contributed by atoms with Gasteiger partial charge in [0.25, 0.3) is 0 Å². The van der Waals surface area contributed by atoms with Crippen molar-refractivity contribution < 1.29 is 9.47 Å². The van der Waals surface area contributed by atoms with Crippen molar-refractivity contribution in [3.05, 3.63) is 29.8 Å². The zero-order valence-electron chi connectivity index (χ0n) is 8.24. The molecule has 0 aliphatic carbocycles. The van der Waals surface area contributed by atoms with Gasteiger partial charge in [-0.1, -0.05) is 0 Å². The van der Waals surface area contributed by atoms with E-state index in [0.717, 1.165) is 11.3 Å². The molecule has 1 aromatic carbocycles. The van der Waals surface area contributed by atoms with Crippen LogP contribution in [0.5, 0.6) is 5.75 Å². The van der Waals surface area contributed by atoms with Gasteiger partial charge in [-0.25, -0.2) is 0 Å². The van der Waals surface area contributed by atoms with Gasteiger partial charge in [0, 0.05) is 5.56 Å². The predicted octanol–water partition coefficient (Wildman–Crippen LogP) is 1.87. The Morgan fingerprint density at radius 2 is 2.20 bits per heavy atom. The standard InChI is InChI=1S/C10H11ClN2O2/c1-14-8-4-2-7(3-5-8)10-13-12-9(6-11)15-10/h2-5,10,13H,6H2,1H3. The highest BCUT2D eigenvalue weighted by Gasteiger charge is 2.19. The van der Waals surface area contributed by atoms with Crippen molar-refractivity contribution in [1.29, 1.82) is 0 Å². The lowest BCUT2D eigenvalue weighted by Crippen LogP contribution is -2.12. The average molecular weight is 227 g/mol. The summed E-state index contributed by atoms with van der Waals surface area (Å²) < 4.78 is 10.5. The lowest BCUT2D eigenvalue weighted by Gasteiger charge is -2.11. The quantitative estimate of drug-likeness (QED) is 0.801.